The quantitative estimate of drug-likeness (QED) is 0.286. The summed E-state index contributed by atoms with van der Waals surface area (Å²) in [6.45, 7) is 13.1. The summed E-state index contributed by atoms with van der Waals surface area (Å²) in [5.74, 6) is 1.69. The standard InChI is InChI=1S/C20H36OP2/c1-15(11-14-21-23-22)9-12-19(4)17(3)10-13-20(5)16(2)7-6-8-18(19)20/h7,11,17-18,23H,6,8-10,12-14,22H2,1-5H3/b15-11+/t17-,18?,19+,20+/m1/s1. The van der Waals surface area contributed by atoms with Crippen LogP contribution >= 0.6 is 17.4 Å². The van der Waals surface area contributed by atoms with Gasteiger partial charge in [0.15, 0.2) is 0 Å². The summed E-state index contributed by atoms with van der Waals surface area (Å²) < 4.78 is 5.47. The van der Waals surface area contributed by atoms with Crippen molar-refractivity contribution in [3.05, 3.63) is 23.3 Å². The molecule has 1 fully saturated rings. The maximum absolute atomic E-state index is 5.47. The molecule has 0 bridgehead atoms. The van der Waals surface area contributed by atoms with Crippen molar-refractivity contribution in [1.29, 1.82) is 0 Å². The molecule has 132 valence electrons. The second kappa shape index (κ2) is 8.12. The molecule has 0 aromatic heterocycles. The van der Waals surface area contributed by atoms with Crippen molar-refractivity contribution in [3.63, 3.8) is 0 Å². The van der Waals surface area contributed by atoms with E-state index in [9.17, 15) is 0 Å². The van der Waals surface area contributed by atoms with Crippen LogP contribution in [0.4, 0.5) is 0 Å². The fourth-order valence-corrected chi connectivity index (χ4v) is 5.60. The van der Waals surface area contributed by atoms with Gasteiger partial charge in [0.2, 0.25) is 0 Å². The lowest BCUT2D eigenvalue weighted by Gasteiger charge is -2.58. The van der Waals surface area contributed by atoms with Gasteiger partial charge in [-0.3, -0.25) is 0 Å². The van der Waals surface area contributed by atoms with Gasteiger partial charge in [-0.05, 0) is 75.0 Å². The van der Waals surface area contributed by atoms with E-state index in [1.165, 1.54) is 44.1 Å². The first kappa shape index (κ1) is 19.6. The molecule has 0 aromatic carbocycles. The first-order valence-corrected chi connectivity index (χ1v) is 12.0. The Morgan fingerprint density at radius 2 is 2.17 bits per heavy atom. The number of rotatable bonds is 6. The van der Waals surface area contributed by atoms with Crippen molar-refractivity contribution in [2.45, 2.75) is 73.1 Å². The summed E-state index contributed by atoms with van der Waals surface area (Å²) in [4.78, 5) is 0. The molecule has 1 saturated carbocycles. The van der Waals surface area contributed by atoms with Crippen LogP contribution in [0.3, 0.4) is 0 Å². The molecule has 0 aliphatic heterocycles. The highest BCUT2D eigenvalue weighted by molar-refractivity contribution is 8.00. The molecule has 0 spiro atoms. The minimum absolute atomic E-state index is 0.445. The molecule has 3 heteroatoms. The van der Waals surface area contributed by atoms with E-state index in [0.717, 1.165) is 18.4 Å². The van der Waals surface area contributed by atoms with Crippen LogP contribution < -0.4 is 0 Å². The van der Waals surface area contributed by atoms with Gasteiger partial charge in [0.1, 0.15) is 0 Å². The fourth-order valence-electron chi connectivity index (χ4n) is 5.13. The van der Waals surface area contributed by atoms with E-state index in [-0.39, 0.29) is 0 Å². The summed E-state index contributed by atoms with van der Waals surface area (Å²) in [6.07, 6.45) is 12.8. The zero-order valence-electron chi connectivity index (χ0n) is 15.7. The highest BCUT2D eigenvalue weighted by Gasteiger charge is 2.52. The second-order valence-electron chi connectivity index (χ2n) is 8.36. The van der Waals surface area contributed by atoms with Crippen LogP contribution in [0.15, 0.2) is 23.3 Å². The third kappa shape index (κ3) is 4.11. The van der Waals surface area contributed by atoms with Crippen LogP contribution in [0, 0.1) is 22.7 Å². The molecule has 0 N–H and O–H groups in total. The molecule has 2 aliphatic rings. The minimum atomic E-state index is 0.445. The van der Waals surface area contributed by atoms with E-state index < -0.39 is 0 Å². The molecule has 3 unspecified atom stereocenters. The highest BCUT2D eigenvalue weighted by atomic mass is 32.0. The van der Waals surface area contributed by atoms with E-state index in [4.69, 9.17) is 4.52 Å². The maximum atomic E-state index is 5.47. The van der Waals surface area contributed by atoms with Crippen LogP contribution in [0.2, 0.25) is 0 Å². The molecular formula is C20H36OP2. The third-order valence-corrected chi connectivity index (χ3v) is 8.08. The summed E-state index contributed by atoms with van der Waals surface area (Å²) in [6, 6.07) is 0. The molecule has 6 atom stereocenters. The monoisotopic (exact) mass is 354 g/mol. The Morgan fingerprint density at radius 3 is 2.87 bits per heavy atom. The van der Waals surface area contributed by atoms with Crippen molar-refractivity contribution in [2.24, 2.45) is 22.7 Å². The number of fused-ring (bicyclic) bond motifs is 1. The third-order valence-electron chi connectivity index (χ3n) is 7.25. The zero-order chi connectivity index (χ0) is 17.1. The van der Waals surface area contributed by atoms with Gasteiger partial charge in [-0.2, -0.15) is 0 Å². The van der Waals surface area contributed by atoms with E-state index in [1.54, 1.807) is 5.57 Å². The maximum Gasteiger partial charge on any atom is 0.0693 e. The van der Waals surface area contributed by atoms with Crippen LogP contribution in [0.25, 0.3) is 0 Å². The van der Waals surface area contributed by atoms with E-state index in [1.807, 2.05) is 0 Å². The van der Waals surface area contributed by atoms with Gasteiger partial charge in [0.25, 0.3) is 0 Å². The highest BCUT2D eigenvalue weighted by Crippen LogP contribution is 2.61. The average Bonchev–Trinajstić information content (AvgIpc) is 2.52. The van der Waals surface area contributed by atoms with Crippen LogP contribution in [0.5, 0.6) is 0 Å². The normalized spacial score (nSPS) is 38.7. The summed E-state index contributed by atoms with van der Waals surface area (Å²) in [5.41, 5.74) is 4.08. The van der Waals surface area contributed by atoms with Gasteiger partial charge in [-0.1, -0.05) is 53.0 Å². The van der Waals surface area contributed by atoms with Gasteiger partial charge >= 0.3 is 0 Å². The Labute approximate surface area is 148 Å². The lowest BCUT2D eigenvalue weighted by Crippen LogP contribution is -2.49. The number of allylic oxidation sites excluding steroid dienone is 3. The minimum Gasteiger partial charge on any atom is -0.354 e. The Morgan fingerprint density at radius 1 is 1.43 bits per heavy atom. The molecule has 0 heterocycles. The average molecular weight is 354 g/mol. The van der Waals surface area contributed by atoms with Gasteiger partial charge in [0.05, 0.1) is 6.61 Å². The number of hydrogen-bond donors (Lipinski definition) is 0. The SMILES string of the molecule is CC1=CCCC2[C@@]1(C)CC[C@@H](C)[C@]2(C)CC/C(C)=C/COPP. The van der Waals surface area contributed by atoms with Crippen molar-refractivity contribution >= 4 is 17.4 Å². The van der Waals surface area contributed by atoms with Crippen molar-refractivity contribution < 1.29 is 4.52 Å². The predicted octanol–water partition coefficient (Wildman–Crippen LogP) is 6.91. The van der Waals surface area contributed by atoms with E-state index in [2.05, 4.69) is 55.7 Å². The smallest absolute Gasteiger partial charge is 0.0693 e. The van der Waals surface area contributed by atoms with Crippen molar-refractivity contribution in [3.8, 4) is 0 Å². The number of hydrogen-bond acceptors (Lipinski definition) is 1. The first-order valence-electron chi connectivity index (χ1n) is 9.25. The van der Waals surface area contributed by atoms with Gasteiger partial charge in [0, 0.05) is 8.50 Å². The molecule has 0 aromatic rings. The van der Waals surface area contributed by atoms with Crippen molar-refractivity contribution in [2.75, 3.05) is 6.61 Å². The van der Waals surface area contributed by atoms with Crippen LogP contribution in [-0.2, 0) is 4.52 Å². The molecule has 2 rings (SSSR count). The molecule has 23 heavy (non-hydrogen) atoms. The Hall–Kier alpha value is 0.300. The molecule has 0 radical (unpaired) electrons. The molecule has 1 nitrogen and oxygen atoms in total. The topological polar surface area (TPSA) is 9.23 Å². The Balaban J connectivity index is 2.11. The lowest BCUT2D eigenvalue weighted by atomic mass is 9.47. The summed E-state index contributed by atoms with van der Waals surface area (Å²) in [5, 5.41) is 0. The molecule has 0 amide bonds. The molecular weight excluding hydrogens is 318 g/mol. The van der Waals surface area contributed by atoms with Crippen molar-refractivity contribution in [1.82, 2.24) is 0 Å². The molecule has 2 aliphatic carbocycles. The Kier molecular flexibility index (Phi) is 6.93. The fraction of sp³-hybridized carbons (Fsp3) is 0.800. The lowest BCUT2D eigenvalue weighted by molar-refractivity contribution is -0.0466. The second-order valence-corrected chi connectivity index (χ2v) is 9.59. The van der Waals surface area contributed by atoms with E-state index >= 15 is 0 Å². The van der Waals surface area contributed by atoms with Gasteiger partial charge in [-0.15, -0.1) is 0 Å². The van der Waals surface area contributed by atoms with Gasteiger partial charge < -0.3 is 4.52 Å². The molecule has 0 saturated heterocycles. The first-order chi connectivity index (χ1) is 10.8. The van der Waals surface area contributed by atoms with Crippen LogP contribution in [-0.4, -0.2) is 6.61 Å². The summed E-state index contributed by atoms with van der Waals surface area (Å²) in [7, 11) is 3.16. The summed E-state index contributed by atoms with van der Waals surface area (Å²) >= 11 is 0. The van der Waals surface area contributed by atoms with Crippen LogP contribution in [0.1, 0.15) is 73.1 Å². The predicted molar refractivity (Wildman–Crippen MR) is 108 cm³/mol. The largest absolute Gasteiger partial charge is 0.354 e. The zero-order valence-corrected chi connectivity index (χ0v) is 17.9. The van der Waals surface area contributed by atoms with E-state index in [0.29, 0.717) is 19.3 Å². The van der Waals surface area contributed by atoms with Gasteiger partial charge in [-0.25, -0.2) is 0 Å². The Bertz CT molecular complexity index is 470.